The summed E-state index contributed by atoms with van der Waals surface area (Å²) < 4.78 is 0. The average molecular weight is 692 g/mol. The van der Waals surface area contributed by atoms with Crippen molar-refractivity contribution in [1.82, 2.24) is 5.32 Å². The average Bonchev–Trinajstić information content (AvgIpc) is 3.10. The van der Waals surface area contributed by atoms with Gasteiger partial charge >= 0.3 is 0 Å². The summed E-state index contributed by atoms with van der Waals surface area (Å²) in [5.41, 5.74) is 0. The molecule has 0 aromatic carbocycles. The number of carbonyl (C=O) groups is 1. The maximum atomic E-state index is 12.4. The molecule has 0 bridgehead atoms. The quantitative estimate of drug-likeness (QED) is 0.0381. The van der Waals surface area contributed by atoms with Gasteiger partial charge in [-0.2, -0.15) is 0 Å². The zero-order valence-electron chi connectivity index (χ0n) is 32.8. The van der Waals surface area contributed by atoms with Gasteiger partial charge in [-0.15, -0.1) is 0 Å². The van der Waals surface area contributed by atoms with Gasteiger partial charge in [0.1, 0.15) is 6.10 Å². The molecule has 1 amide bonds. The minimum atomic E-state index is -1.16. The van der Waals surface area contributed by atoms with Gasteiger partial charge in [0.15, 0.2) is 0 Å². The molecule has 0 spiro atoms. The third-order valence-corrected chi connectivity index (χ3v) is 10.0. The van der Waals surface area contributed by atoms with Crippen molar-refractivity contribution in [1.29, 1.82) is 0 Å². The second-order valence-electron chi connectivity index (χ2n) is 14.9. The number of aliphatic hydroxyl groups excluding tert-OH is 3. The van der Waals surface area contributed by atoms with Gasteiger partial charge in [-0.05, 0) is 51.4 Å². The number of hydrogen-bond donors (Lipinski definition) is 4. The Balaban J connectivity index is 3.67. The molecule has 5 nitrogen and oxygen atoms in total. The van der Waals surface area contributed by atoms with Gasteiger partial charge < -0.3 is 20.6 Å². The Morgan fingerprint density at radius 3 is 1.24 bits per heavy atom. The summed E-state index contributed by atoms with van der Waals surface area (Å²) in [5.74, 6) is -0.158. The number of allylic oxidation sites excluding steroid dienone is 4. The van der Waals surface area contributed by atoms with Gasteiger partial charge in [-0.25, -0.2) is 0 Å². The number of aliphatic hydroxyl groups is 3. The molecular formula is C44H85NO4. The van der Waals surface area contributed by atoms with Crippen LogP contribution in [-0.4, -0.2) is 46.1 Å². The first-order valence-corrected chi connectivity index (χ1v) is 21.6. The lowest BCUT2D eigenvalue weighted by Gasteiger charge is -2.26. The highest BCUT2D eigenvalue weighted by Crippen LogP contribution is 2.15. The topological polar surface area (TPSA) is 89.8 Å². The number of rotatable bonds is 39. The molecule has 0 saturated carbocycles. The van der Waals surface area contributed by atoms with E-state index in [2.05, 4.69) is 43.5 Å². The molecule has 0 saturated heterocycles. The second kappa shape index (κ2) is 39.6. The van der Waals surface area contributed by atoms with Crippen LogP contribution in [0.15, 0.2) is 24.3 Å². The predicted octanol–water partition coefficient (Wildman–Crippen LogP) is 12.2. The molecule has 0 radical (unpaired) electrons. The number of hydrogen-bond acceptors (Lipinski definition) is 4. The van der Waals surface area contributed by atoms with Gasteiger partial charge in [-0.1, -0.05) is 192 Å². The molecule has 0 aliphatic rings. The SMILES string of the molecule is CCCCCCCCCCCCCCCC/C=C/CC/C=C/CCCC(O)C(O)C(CO)NC(=O)CCCCCCCCCCCCCC. The van der Waals surface area contributed by atoms with Gasteiger partial charge in [0.2, 0.25) is 5.91 Å². The van der Waals surface area contributed by atoms with E-state index >= 15 is 0 Å². The van der Waals surface area contributed by atoms with Crippen molar-refractivity contribution >= 4 is 5.91 Å². The van der Waals surface area contributed by atoms with Crippen LogP contribution in [0.1, 0.15) is 226 Å². The second-order valence-corrected chi connectivity index (χ2v) is 14.9. The van der Waals surface area contributed by atoms with E-state index in [1.54, 1.807) is 0 Å². The largest absolute Gasteiger partial charge is 0.394 e. The Labute approximate surface area is 305 Å². The van der Waals surface area contributed by atoms with Crippen LogP contribution in [0.3, 0.4) is 0 Å². The molecule has 0 fully saturated rings. The third-order valence-electron chi connectivity index (χ3n) is 10.0. The van der Waals surface area contributed by atoms with E-state index < -0.39 is 18.2 Å². The van der Waals surface area contributed by atoms with Crippen molar-refractivity contribution in [3.05, 3.63) is 24.3 Å². The van der Waals surface area contributed by atoms with Crippen LogP contribution >= 0.6 is 0 Å². The Morgan fingerprint density at radius 2 is 0.837 bits per heavy atom. The minimum Gasteiger partial charge on any atom is -0.394 e. The minimum absolute atomic E-state index is 0.158. The molecule has 0 aliphatic carbocycles. The van der Waals surface area contributed by atoms with Crippen LogP contribution < -0.4 is 5.32 Å². The Kier molecular flexibility index (Phi) is 38.7. The van der Waals surface area contributed by atoms with E-state index in [-0.39, 0.29) is 12.5 Å². The molecule has 0 rings (SSSR count). The molecule has 0 aromatic heterocycles. The first kappa shape index (κ1) is 47.8. The number of nitrogens with one attached hydrogen (secondary N) is 1. The summed E-state index contributed by atoms with van der Waals surface area (Å²) in [4.78, 5) is 12.4. The fourth-order valence-electron chi connectivity index (χ4n) is 6.65. The van der Waals surface area contributed by atoms with Crippen molar-refractivity contribution in [3.63, 3.8) is 0 Å². The van der Waals surface area contributed by atoms with E-state index in [1.165, 1.54) is 154 Å². The molecule has 49 heavy (non-hydrogen) atoms. The third kappa shape index (κ3) is 35.0. The van der Waals surface area contributed by atoms with Crippen molar-refractivity contribution < 1.29 is 20.1 Å². The lowest BCUT2D eigenvalue weighted by Crippen LogP contribution is -2.50. The van der Waals surface area contributed by atoms with E-state index in [0.29, 0.717) is 12.8 Å². The Hall–Kier alpha value is -1.17. The highest BCUT2D eigenvalue weighted by Gasteiger charge is 2.26. The zero-order chi connectivity index (χ0) is 35.9. The normalized spacial score (nSPS) is 13.8. The van der Waals surface area contributed by atoms with E-state index in [9.17, 15) is 20.1 Å². The summed E-state index contributed by atoms with van der Waals surface area (Å²) >= 11 is 0. The highest BCUT2D eigenvalue weighted by molar-refractivity contribution is 5.76. The van der Waals surface area contributed by atoms with Crippen LogP contribution in [0.25, 0.3) is 0 Å². The van der Waals surface area contributed by atoms with Gasteiger partial charge in [0.05, 0.1) is 18.8 Å². The molecule has 5 heteroatoms. The molecule has 0 heterocycles. The summed E-state index contributed by atoms with van der Waals surface area (Å²) in [6, 6.07) is -0.827. The number of carbonyl (C=O) groups excluding carboxylic acids is 1. The highest BCUT2D eigenvalue weighted by atomic mass is 16.3. The monoisotopic (exact) mass is 692 g/mol. The molecule has 3 atom stereocenters. The Morgan fingerprint density at radius 1 is 0.490 bits per heavy atom. The fourth-order valence-corrected chi connectivity index (χ4v) is 6.65. The van der Waals surface area contributed by atoms with Crippen molar-refractivity contribution in [2.24, 2.45) is 0 Å². The van der Waals surface area contributed by atoms with Crippen molar-refractivity contribution in [2.45, 2.75) is 244 Å². The predicted molar refractivity (Wildman–Crippen MR) is 213 cm³/mol. The summed E-state index contributed by atoms with van der Waals surface area (Å²) in [7, 11) is 0. The summed E-state index contributed by atoms with van der Waals surface area (Å²) in [6.45, 7) is 4.16. The van der Waals surface area contributed by atoms with Crippen LogP contribution in [0.4, 0.5) is 0 Å². The van der Waals surface area contributed by atoms with Gasteiger partial charge in [0, 0.05) is 6.42 Å². The smallest absolute Gasteiger partial charge is 0.220 e. The molecular weight excluding hydrogens is 606 g/mol. The van der Waals surface area contributed by atoms with Crippen LogP contribution in [0.5, 0.6) is 0 Å². The fraction of sp³-hybridized carbons (Fsp3) is 0.886. The van der Waals surface area contributed by atoms with Crippen molar-refractivity contribution in [3.8, 4) is 0 Å². The first-order valence-electron chi connectivity index (χ1n) is 21.6. The van der Waals surface area contributed by atoms with Crippen LogP contribution in [0.2, 0.25) is 0 Å². The number of amides is 1. The van der Waals surface area contributed by atoms with E-state index in [0.717, 1.165) is 44.9 Å². The lowest BCUT2D eigenvalue weighted by molar-refractivity contribution is -0.124. The standard InChI is InChI=1S/C44H85NO4/c1-3-5-7-9-11-13-15-17-18-19-20-21-22-23-24-25-26-27-28-30-32-34-36-38-42(47)44(49)41(40-46)45-43(48)39-37-35-33-31-29-16-14-12-10-8-6-4-2/h25-26,30,32,41-42,44,46-47,49H,3-24,27-29,31,33-40H2,1-2H3,(H,45,48)/b26-25+,32-30+. The van der Waals surface area contributed by atoms with Gasteiger partial charge in [-0.3, -0.25) is 4.79 Å². The van der Waals surface area contributed by atoms with Crippen LogP contribution in [-0.2, 0) is 4.79 Å². The summed E-state index contributed by atoms with van der Waals surface area (Å²) in [5, 5.41) is 33.4. The lowest BCUT2D eigenvalue weighted by atomic mass is 10.0. The van der Waals surface area contributed by atoms with Crippen LogP contribution in [0, 0.1) is 0 Å². The Bertz CT molecular complexity index is 724. The molecule has 0 aliphatic heterocycles. The molecule has 290 valence electrons. The van der Waals surface area contributed by atoms with Crippen molar-refractivity contribution in [2.75, 3.05) is 6.61 Å². The maximum Gasteiger partial charge on any atom is 0.220 e. The zero-order valence-corrected chi connectivity index (χ0v) is 32.8. The maximum absolute atomic E-state index is 12.4. The summed E-state index contributed by atoms with van der Waals surface area (Å²) in [6.07, 6.45) is 47.2. The molecule has 0 aromatic rings. The van der Waals surface area contributed by atoms with Gasteiger partial charge in [0.25, 0.3) is 0 Å². The molecule has 4 N–H and O–H groups in total. The van der Waals surface area contributed by atoms with E-state index in [4.69, 9.17) is 0 Å². The number of unbranched alkanes of at least 4 members (excludes halogenated alkanes) is 27. The van der Waals surface area contributed by atoms with E-state index in [1.807, 2.05) is 0 Å². The first-order chi connectivity index (χ1) is 24.1. The molecule has 3 unspecified atom stereocenters.